The maximum absolute atomic E-state index is 12.8. The molecule has 0 aromatic carbocycles. The monoisotopic (exact) mass is 1020 g/mol. The molecule has 420 valence electrons. The van der Waals surface area contributed by atoms with E-state index in [1.807, 2.05) is 0 Å². The Morgan fingerprint density at radius 2 is 0.541 bits per heavy atom. The second-order valence-electron chi connectivity index (χ2n) is 19.9. The first-order valence-corrected chi connectivity index (χ1v) is 30.5. The summed E-state index contributed by atoms with van der Waals surface area (Å²) in [5.41, 5.74) is 0. The Bertz CT molecular complexity index is 1550. The smallest absolute Gasteiger partial charge is 0.306 e. The second-order valence-corrected chi connectivity index (χ2v) is 19.9. The fourth-order valence-corrected chi connectivity index (χ4v) is 8.14. The van der Waals surface area contributed by atoms with Crippen molar-refractivity contribution in [3.8, 4) is 0 Å². The van der Waals surface area contributed by atoms with Crippen molar-refractivity contribution in [3.05, 3.63) is 122 Å². The lowest BCUT2D eigenvalue weighted by molar-refractivity contribution is -0.167. The standard InChI is InChI=1S/C68H112O6/c1-4-7-10-13-16-19-21-23-25-27-29-30-31-32-33-34-35-36-37-38-39-41-42-44-46-49-52-55-58-61-67(70)73-64-65(63-72-66(69)60-57-54-51-48-18-15-12-9-6-3)74-68(71)62-59-56-53-50-47-45-43-40-28-26-24-22-20-17-14-11-8-5-2/h7,10,16,19,23,25-26,28-30,32-33,35-36,38-39,42,44,49,52,65H,4-6,8-9,11-15,17-18,20-22,24,27,31,34,37,40-41,43,45-48,50-51,53-64H2,1-3H3/b10-7-,19-16-,25-23-,28-26-,30-29-,33-32-,36-35-,39-38-,44-42-,52-49-. The van der Waals surface area contributed by atoms with E-state index in [2.05, 4.69) is 142 Å². The van der Waals surface area contributed by atoms with Crippen molar-refractivity contribution in [1.29, 1.82) is 0 Å². The molecular formula is C68H112O6. The van der Waals surface area contributed by atoms with E-state index in [9.17, 15) is 14.4 Å². The van der Waals surface area contributed by atoms with Crippen LogP contribution >= 0.6 is 0 Å². The van der Waals surface area contributed by atoms with Crippen molar-refractivity contribution in [3.63, 3.8) is 0 Å². The number of hydrogen-bond acceptors (Lipinski definition) is 6. The molecule has 0 aliphatic heterocycles. The molecule has 1 unspecified atom stereocenters. The molecule has 0 bridgehead atoms. The first-order valence-electron chi connectivity index (χ1n) is 30.5. The summed E-state index contributed by atoms with van der Waals surface area (Å²) in [4.78, 5) is 38.1. The molecule has 6 heteroatoms. The lowest BCUT2D eigenvalue weighted by Crippen LogP contribution is -2.30. The molecule has 0 rings (SSSR count). The second kappa shape index (κ2) is 61.4. The van der Waals surface area contributed by atoms with E-state index < -0.39 is 6.10 Å². The molecule has 0 amide bonds. The van der Waals surface area contributed by atoms with Gasteiger partial charge in [0.15, 0.2) is 6.10 Å². The summed E-state index contributed by atoms with van der Waals surface area (Å²) in [6.45, 7) is 6.46. The quantitative estimate of drug-likeness (QED) is 0.0261. The Hall–Kier alpha value is -4.19. The molecule has 0 aromatic heterocycles. The van der Waals surface area contributed by atoms with Gasteiger partial charge in [-0.05, 0) is 109 Å². The van der Waals surface area contributed by atoms with Crippen LogP contribution in [0.5, 0.6) is 0 Å². The summed E-state index contributed by atoms with van der Waals surface area (Å²) < 4.78 is 16.8. The summed E-state index contributed by atoms with van der Waals surface area (Å²) in [6, 6.07) is 0. The third-order valence-electron chi connectivity index (χ3n) is 12.7. The summed E-state index contributed by atoms with van der Waals surface area (Å²) in [5.74, 6) is -0.967. The van der Waals surface area contributed by atoms with Crippen LogP contribution in [0.3, 0.4) is 0 Å². The Morgan fingerprint density at radius 3 is 0.892 bits per heavy atom. The predicted molar refractivity (Wildman–Crippen MR) is 320 cm³/mol. The van der Waals surface area contributed by atoms with Crippen LogP contribution in [0.4, 0.5) is 0 Å². The highest BCUT2D eigenvalue weighted by Gasteiger charge is 2.19. The summed E-state index contributed by atoms with van der Waals surface area (Å²) >= 11 is 0. The number of carbonyl (C=O) groups excluding carboxylic acids is 3. The molecule has 0 heterocycles. The van der Waals surface area contributed by atoms with Gasteiger partial charge in [0.25, 0.3) is 0 Å². The van der Waals surface area contributed by atoms with E-state index in [1.54, 1.807) is 0 Å². The third kappa shape index (κ3) is 58.7. The van der Waals surface area contributed by atoms with Gasteiger partial charge in [0, 0.05) is 19.3 Å². The summed E-state index contributed by atoms with van der Waals surface area (Å²) in [7, 11) is 0. The van der Waals surface area contributed by atoms with Crippen molar-refractivity contribution in [2.75, 3.05) is 13.2 Å². The number of hydrogen-bond donors (Lipinski definition) is 0. The number of allylic oxidation sites excluding steroid dienone is 20. The van der Waals surface area contributed by atoms with E-state index >= 15 is 0 Å². The number of rotatable bonds is 54. The van der Waals surface area contributed by atoms with Crippen molar-refractivity contribution in [2.24, 2.45) is 0 Å². The zero-order valence-electron chi connectivity index (χ0n) is 48.1. The van der Waals surface area contributed by atoms with Gasteiger partial charge in [-0.1, -0.05) is 264 Å². The predicted octanol–water partition coefficient (Wildman–Crippen LogP) is 20.8. The highest BCUT2D eigenvalue weighted by Crippen LogP contribution is 2.14. The van der Waals surface area contributed by atoms with Crippen LogP contribution < -0.4 is 0 Å². The highest BCUT2D eigenvalue weighted by molar-refractivity contribution is 5.71. The molecule has 74 heavy (non-hydrogen) atoms. The van der Waals surface area contributed by atoms with Crippen LogP contribution in [0, 0.1) is 0 Å². The van der Waals surface area contributed by atoms with Gasteiger partial charge in [-0.15, -0.1) is 0 Å². The van der Waals surface area contributed by atoms with Crippen molar-refractivity contribution < 1.29 is 28.6 Å². The fraction of sp³-hybridized carbons (Fsp3) is 0.662. The van der Waals surface area contributed by atoms with Gasteiger partial charge in [-0.2, -0.15) is 0 Å². The minimum Gasteiger partial charge on any atom is -0.462 e. The van der Waals surface area contributed by atoms with Crippen LogP contribution in [0.2, 0.25) is 0 Å². The molecule has 6 nitrogen and oxygen atoms in total. The Kier molecular flexibility index (Phi) is 57.9. The minimum absolute atomic E-state index is 0.0981. The minimum atomic E-state index is -0.804. The van der Waals surface area contributed by atoms with Crippen molar-refractivity contribution in [1.82, 2.24) is 0 Å². The number of unbranched alkanes of at least 4 members (excludes halogenated alkanes) is 23. The molecule has 0 aromatic rings. The van der Waals surface area contributed by atoms with Crippen LogP contribution in [0.15, 0.2) is 122 Å². The third-order valence-corrected chi connectivity index (χ3v) is 12.7. The molecule has 1 atom stereocenters. The van der Waals surface area contributed by atoms with Gasteiger partial charge in [0.2, 0.25) is 0 Å². The van der Waals surface area contributed by atoms with Gasteiger partial charge in [-0.25, -0.2) is 0 Å². The maximum atomic E-state index is 12.8. The summed E-state index contributed by atoms with van der Waals surface area (Å²) in [6.07, 6.45) is 85.0. The van der Waals surface area contributed by atoms with Gasteiger partial charge in [-0.3, -0.25) is 14.4 Å². The first kappa shape index (κ1) is 69.8. The lowest BCUT2D eigenvalue weighted by atomic mass is 10.1. The SMILES string of the molecule is CC/C=C\C/C=C\C/C=C\C/C=C\C/C=C\C/C=C\C/C=C\C/C=C\C/C=C\CCCC(=O)OCC(COC(=O)CCCCCCCCCCC)OC(=O)CCCCCCCCC/C=C\CCCCCCCCC. The van der Waals surface area contributed by atoms with E-state index in [0.29, 0.717) is 19.3 Å². The van der Waals surface area contributed by atoms with Gasteiger partial charge in [0.05, 0.1) is 0 Å². The van der Waals surface area contributed by atoms with E-state index in [-0.39, 0.29) is 37.5 Å². The molecular weight excluding hydrogens is 913 g/mol. The van der Waals surface area contributed by atoms with E-state index in [1.165, 1.54) is 122 Å². The molecule has 0 spiro atoms. The average molecular weight is 1030 g/mol. The van der Waals surface area contributed by atoms with Crippen molar-refractivity contribution >= 4 is 17.9 Å². The van der Waals surface area contributed by atoms with E-state index in [0.717, 1.165) is 103 Å². The van der Waals surface area contributed by atoms with Gasteiger partial charge < -0.3 is 14.2 Å². The largest absolute Gasteiger partial charge is 0.462 e. The van der Waals surface area contributed by atoms with Crippen LogP contribution in [-0.2, 0) is 28.6 Å². The van der Waals surface area contributed by atoms with Crippen LogP contribution in [0.1, 0.15) is 271 Å². The topological polar surface area (TPSA) is 78.9 Å². The average Bonchev–Trinajstić information content (AvgIpc) is 3.40. The fourth-order valence-electron chi connectivity index (χ4n) is 8.14. The van der Waals surface area contributed by atoms with Gasteiger partial charge in [0.1, 0.15) is 13.2 Å². The molecule has 0 aliphatic rings. The lowest BCUT2D eigenvalue weighted by Gasteiger charge is -2.18. The van der Waals surface area contributed by atoms with Crippen LogP contribution in [0.25, 0.3) is 0 Å². The first-order chi connectivity index (χ1) is 36.5. The molecule has 0 aliphatic carbocycles. The Balaban J connectivity index is 4.36. The number of esters is 3. The zero-order valence-corrected chi connectivity index (χ0v) is 48.1. The van der Waals surface area contributed by atoms with E-state index in [4.69, 9.17) is 14.2 Å². The van der Waals surface area contributed by atoms with Crippen molar-refractivity contribution in [2.45, 2.75) is 277 Å². The molecule has 0 saturated heterocycles. The van der Waals surface area contributed by atoms with Gasteiger partial charge >= 0.3 is 17.9 Å². The molecule has 0 fully saturated rings. The molecule has 0 radical (unpaired) electrons. The normalized spacial score (nSPS) is 13.0. The summed E-state index contributed by atoms with van der Waals surface area (Å²) in [5, 5.41) is 0. The van der Waals surface area contributed by atoms with Crippen LogP contribution in [-0.4, -0.2) is 37.2 Å². The maximum Gasteiger partial charge on any atom is 0.306 e. The Labute approximate surface area is 456 Å². The number of ether oxygens (including phenoxy) is 3. The molecule has 0 N–H and O–H groups in total. The highest BCUT2D eigenvalue weighted by atomic mass is 16.6. The Morgan fingerprint density at radius 1 is 0.284 bits per heavy atom. The number of carbonyl (C=O) groups is 3. The zero-order chi connectivity index (χ0) is 53.6. The molecule has 0 saturated carbocycles.